The van der Waals surface area contributed by atoms with E-state index in [0.717, 1.165) is 5.56 Å². The number of nitro groups is 1. The SMILES string of the molecule is Cc1ccc(N(C(=O)c2ccco2)C2CCN(Cc3cccc([N+](=O)[O-])c3)CC2)cc1F. The van der Waals surface area contributed by atoms with Crippen molar-refractivity contribution in [2.75, 3.05) is 18.0 Å². The standard InChI is InChI=1S/C24H24FN3O4/c1-17-7-8-20(15-22(17)25)27(24(29)23-6-3-13-32-23)19-9-11-26(12-10-19)16-18-4-2-5-21(14-18)28(30)31/h2-8,13-15,19H,9-12,16H2,1H3. The first-order chi connectivity index (χ1) is 15.4. The molecule has 4 rings (SSSR count). The number of anilines is 1. The van der Waals surface area contributed by atoms with E-state index < -0.39 is 4.92 Å². The molecule has 1 aromatic heterocycles. The molecule has 8 heteroatoms. The zero-order chi connectivity index (χ0) is 22.7. The summed E-state index contributed by atoms with van der Waals surface area (Å²) in [4.78, 5) is 27.7. The Morgan fingerprint density at radius 1 is 1.19 bits per heavy atom. The molecule has 32 heavy (non-hydrogen) atoms. The molecule has 0 N–H and O–H groups in total. The monoisotopic (exact) mass is 437 g/mol. The van der Waals surface area contributed by atoms with Gasteiger partial charge < -0.3 is 9.32 Å². The number of hydrogen-bond donors (Lipinski definition) is 0. The number of nitrogens with zero attached hydrogens (tertiary/aromatic N) is 3. The van der Waals surface area contributed by atoms with E-state index in [0.29, 0.717) is 43.7 Å². The normalized spacial score (nSPS) is 14.9. The molecule has 1 amide bonds. The van der Waals surface area contributed by atoms with Gasteiger partial charge in [0.25, 0.3) is 11.6 Å². The highest BCUT2D eigenvalue weighted by atomic mass is 19.1. The van der Waals surface area contributed by atoms with Crippen molar-refractivity contribution in [3.63, 3.8) is 0 Å². The lowest BCUT2D eigenvalue weighted by molar-refractivity contribution is -0.384. The van der Waals surface area contributed by atoms with E-state index in [2.05, 4.69) is 4.90 Å². The summed E-state index contributed by atoms with van der Waals surface area (Å²) in [6, 6.07) is 14.6. The molecule has 1 aliphatic rings. The first-order valence-corrected chi connectivity index (χ1v) is 10.5. The van der Waals surface area contributed by atoms with Crippen LogP contribution in [0.1, 0.15) is 34.5 Å². The minimum atomic E-state index is -0.394. The molecule has 7 nitrogen and oxygen atoms in total. The first kappa shape index (κ1) is 21.7. The Morgan fingerprint density at radius 3 is 2.62 bits per heavy atom. The van der Waals surface area contributed by atoms with E-state index in [-0.39, 0.29) is 29.2 Å². The van der Waals surface area contributed by atoms with Crippen LogP contribution in [0.3, 0.4) is 0 Å². The Balaban J connectivity index is 1.50. The molecule has 2 heterocycles. The smallest absolute Gasteiger partial charge is 0.294 e. The second-order valence-electron chi connectivity index (χ2n) is 8.02. The lowest BCUT2D eigenvalue weighted by atomic mass is 10.0. The maximum Gasteiger partial charge on any atom is 0.294 e. The summed E-state index contributed by atoms with van der Waals surface area (Å²) in [6.07, 6.45) is 2.83. The number of benzene rings is 2. The van der Waals surface area contributed by atoms with Gasteiger partial charge in [-0.1, -0.05) is 18.2 Å². The van der Waals surface area contributed by atoms with Crippen LogP contribution in [-0.4, -0.2) is 34.9 Å². The Morgan fingerprint density at radius 2 is 1.97 bits per heavy atom. The van der Waals surface area contributed by atoms with Gasteiger partial charge in [0.2, 0.25) is 0 Å². The minimum Gasteiger partial charge on any atom is -0.459 e. The molecule has 1 aliphatic heterocycles. The van der Waals surface area contributed by atoms with E-state index in [1.165, 1.54) is 18.4 Å². The molecular weight excluding hydrogens is 413 g/mol. The van der Waals surface area contributed by atoms with Crippen molar-refractivity contribution in [1.82, 2.24) is 4.90 Å². The lowest BCUT2D eigenvalue weighted by Gasteiger charge is -2.38. The maximum absolute atomic E-state index is 14.3. The quantitative estimate of drug-likeness (QED) is 0.403. The Hall–Kier alpha value is -3.52. The lowest BCUT2D eigenvalue weighted by Crippen LogP contribution is -2.47. The summed E-state index contributed by atoms with van der Waals surface area (Å²) in [5.74, 6) is -0.441. The van der Waals surface area contributed by atoms with Crippen molar-refractivity contribution < 1.29 is 18.5 Å². The van der Waals surface area contributed by atoms with Crippen LogP contribution < -0.4 is 4.90 Å². The summed E-state index contributed by atoms with van der Waals surface area (Å²) in [6.45, 7) is 3.71. The van der Waals surface area contributed by atoms with Crippen molar-refractivity contribution in [2.45, 2.75) is 32.4 Å². The molecular formula is C24H24FN3O4. The Kier molecular flexibility index (Phi) is 6.32. The summed E-state index contributed by atoms with van der Waals surface area (Å²) >= 11 is 0. The molecule has 0 aliphatic carbocycles. The summed E-state index contributed by atoms with van der Waals surface area (Å²) < 4.78 is 19.6. The van der Waals surface area contributed by atoms with Gasteiger partial charge in [0.15, 0.2) is 5.76 Å². The number of non-ortho nitro benzene ring substituents is 1. The predicted octanol–water partition coefficient (Wildman–Crippen LogP) is 4.95. The molecule has 3 aromatic rings. The predicted molar refractivity (Wildman–Crippen MR) is 118 cm³/mol. The highest BCUT2D eigenvalue weighted by Gasteiger charge is 2.31. The van der Waals surface area contributed by atoms with Crippen molar-refractivity contribution in [3.8, 4) is 0 Å². The third kappa shape index (κ3) is 4.70. The largest absolute Gasteiger partial charge is 0.459 e. The zero-order valence-electron chi connectivity index (χ0n) is 17.7. The van der Waals surface area contributed by atoms with Gasteiger partial charge in [0.05, 0.1) is 11.2 Å². The van der Waals surface area contributed by atoms with Crippen LogP contribution in [0, 0.1) is 22.9 Å². The topological polar surface area (TPSA) is 79.8 Å². The van der Waals surface area contributed by atoms with Crippen molar-refractivity contribution in [2.24, 2.45) is 0 Å². The number of furan rings is 1. The fraction of sp³-hybridized carbons (Fsp3) is 0.292. The minimum absolute atomic E-state index is 0.0778. The van der Waals surface area contributed by atoms with E-state index >= 15 is 0 Å². The van der Waals surface area contributed by atoms with Gasteiger partial charge in [-0.3, -0.25) is 19.8 Å². The van der Waals surface area contributed by atoms with Crippen LogP contribution in [0.4, 0.5) is 15.8 Å². The van der Waals surface area contributed by atoms with Gasteiger partial charge in [-0.05, 0) is 55.2 Å². The average molecular weight is 437 g/mol. The molecule has 2 aromatic carbocycles. The first-order valence-electron chi connectivity index (χ1n) is 10.5. The van der Waals surface area contributed by atoms with E-state index in [4.69, 9.17) is 4.42 Å². The second-order valence-corrected chi connectivity index (χ2v) is 8.02. The fourth-order valence-electron chi connectivity index (χ4n) is 4.11. The number of likely N-dealkylation sites (tertiary alicyclic amines) is 1. The van der Waals surface area contributed by atoms with Gasteiger partial charge in [0.1, 0.15) is 5.82 Å². The summed E-state index contributed by atoms with van der Waals surface area (Å²) in [5.41, 5.74) is 1.98. The highest BCUT2D eigenvalue weighted by molar-refractivity contribution is 6.04. The van der Waals surface area contributed by atoms with Gasteiger partial charge in [0, 0.05) is 43.5 Å². The third-order valence-electron chi connectivity index (χ3n) is 5.83. The molecule has 0 atom stereocenters. The van der Waals surface area contributed by atoms with Crippen molar-refractivity contribution >= 4 is 17.3 Å². The van der Waals surface area contributed by atoms with Gasteiger partial charge in [-0.2, -0.15) is 0 Å². The molecule has 0 unspecified atom stereocenters. The number of amides is 1. The number of halogens is 1. The summed E-state index contributed by atoms with van der Waals surface area (Å²) in [5, 5.41) is 11.0. The van der Waals surface area contributed by atoms with Crippen LogP contribution >= 0.6 is 0 Å². The Bertz CT molecular complexity index is 1110. The van der Waals surface area contributed by atoms with E-state index in [9.17, 15) is 19.3 Å². The van der Waals surface area contributed by atoms with E-state index in [1.54, 1.807) is 48.2 Å². The Labute approximate surface area is 185 Å². The number of carbonyl (C=O) groups excluding carboxylic acids is 1. The zero-order valence-corrected chi connectivity index (χ0v) is 17.7. The van der Waals surface area contributed by atoms with Crippen LogP contribution in [0.2, 0.25) is 0 Å². The molecule has 0 saturated carbocycles. The highest BCUT2D eigenvalue weighted by Crippen LogP contribution is 2.28. The number of aryl methyl sites for hydroxylation is 1. The average Bonchev–Trinajstić information content (AvgIpc) is 3.33. The fourth-order valence-corrected chi connectivity index (χ4v) is 4.11. The molecule has 0 spiro atoms. The summed E-state index contributed by atoms with van der Waals surface area (Å²) in [7, 11) is 0. The van der Waals surface area contributed by atoms with Gasteiger partial charge in [-0.25, -0.2) is 4.39 Å². The maximum atomic E-state index is 14.3. The van der Waals surface area contributed by atoms with Crippen LogP contribution in [0.25, 0.3) is 0 Å². The molecule has 166 valence electrons. The van der Waals surface area contributed by atoms with Gasteiger partial charge in [-0.15, -0.1) is 0 Å². The molecule has 0 radical (unpaired) electrons. The van der Waals surface area contributed by atoms with Crippen LogP contribution in [-0.2, 0) is 6.54 Å². The van der Waals surface area contributed by atoms with Gasteiger partial charge >= 0.3 is 0 Å². The van der Waals surface area contributed by atoms with E-state index in [1.807, 2.05) is 6.07 Å². The molecule has 0 bridgehead atoms. The number of piperidine rings is 1. The number of nitro benzene ring substituents is 1. The number of hydrogen-bond acceptors (Lipinski definition) is 5. The molecule has 1 saturated heterocycles. The second kappa shape index (κ2) is 9.32. The van der Waals surface area contributed by atoms with Crippen LogP contribution in [0.5, 0.6) is 0 Å². The number of carbonyl (C=O) groups is 1. The molecule has 1 fully saturated rings. The van der Waals surface area contributed by atoms with Crippen LogP contribution in [0.15, 0.2) is 65.3 Å². The van der Waals surface area contributed by atoms with Crippen molar-refractivity contribution in [3.05, 3.63) is 93.7 Å². The van der Waals surface area contributed by atoms with Crippen molar-refractivity contribution in [1.29, 1.82) is 0 Å². The number of rotatable bonds is 6. The third-order valence-corrected chi connectivity index (χ3v) is 5.83.